The molecule has 1 heterocycles. The van der Waals surface area contributed by atoms with Gasteiger partial charge in [0.2, 0.25) is 5.91 Å². The Morgan fingerprint density at radius 3 is 3.00 bits per heavy atom. The van der Waals surface area contributed by atoms with Gasteiger partial charge in [-0.3, -0.25) is 9.89 Å². The maximum absolute atomic E-state index is 11.6. The Morgan fingerprint density at radius 1 is 1.40 bits per heavy atom. The Labute approximate surface area is 126 Å². The summed E-state index contributed by atoms with van der Waals surface area (Å²) < 4.78 is 5.49. The Bertz CT molecular complexity index is 573. The van der Waals surface area contributed by atoms with Gasteiger partial charge in [-0.05, 0) is 18.6 Å². The minimum Gasteiger partial charge on any atom is -0.492 e. The van der Waals surface area contributed by atoms with E-state index in [1.165, 1.54) is 0 Å². The van der Waals surface area contributed by atoms with Crippen LogP contribution in [0.4, 0.5) is 5.69 Å². The highest BCUT2D eigenvalue weighted by molar-refractivity contribution is 6.42. The number of nitrogens with one attached hydrogen (secondary N) is 2. The van der Waals surface area contributed by atoms with Crippen molar-refractivity contribution < 1.29 is 9.53 Å². The van der Waals surface area contributed by atoms with Gasteiger partial charge in [0, 0.05) is 12.6 Å². The van der Waals surface area contributed by atoms with Crippen molar-refractivity contribution >= 4 is 34.8 Å². The van der Waals surface area contributed by atoms with Crippen molar-refractivity contribution in [1.82, 2.24) is 10.2 Å². The van der Waals surface area contributed by atoms with Crippen LogP contribution in [0.3, 0.4) is 0 Å². The van der Waals surface area contributed by atoms with E-state index in [4.69, 9.17) is 27.9 Å². The first-order valence-corrected chi connectivity index (χ1v) is 6.78. The van der Waals surface area contributed by atoms with E-state index < -0.39 is 0 Å². The molecule has 1 aromatic carbocycles. The SMILES string of the molecule is O=C(CCCOc1cccc(Cl)c1Cl)Nc1cn[nH]c1. The lowest BCUT2D eigenvalue weighted by Crippen LogP contribution is -2.12. The van der Waals surface area contributed by atoms with Gasteiger partial charge in [0.25, 0.3) is 0 Å². The highest BCUT2D eigenvalue weighted by atomic mass is 35.5. The van der Waals surface area contributed by atoms with Crippen molar-refractivity contribution in [2.45, 2.75) is 12.8 Å². The second-order valence-electron chi connectivity index (χ2n) is 4.04. The molecule has 0 fully saturated rings. The topological polar surface area (TPSA) is 67.0 Å². The van der Waals surface area contributed by atoms with E-state index in [2.05, 4.69) is 15.5 Å². The minimum atomic E-state index is -0.0906. The molecule has 1 aromatic heterocycles. The molecular formula is C13H13Cl2N3O2. The largest absolute Gasteiger partial charge is 0.492 e. The highest BCUT2D eigenvalue weighted by Gasteiger charge is 2.06. The number of carbonyl (C=O) groups excluding carboxylic acids is 1. The fourth-order valence-electron chi connectivity index (χ4n) is 1.55. The average Bonchev–Trinajstić information content (AvgIpc) is 2.92. The van der Waals surface area contributed by atoms with E-state index in [9.17, 15) is 4.79 Å². The van der Waals surface area contributed by atoms with Gasteiger partial charge < -0.3 is 10.1 Å². The summed E-state index contributed by atoms with van der Waals surface area (Å²) in [7, 11) is 0. The second kappa shape index (κ2) is 7.17. The summed E-state index contributed by atoms with van der Waals surface area (Å²) >= 11 is 11.9. The number of halogens is 2. The molecule has 0 spiro atoms. The first kappa shape index (κ1) is 14.7. The number of ether oxygens (including phenoxy) is 1. The Hall–Kier alpha value is -1.72. The fourth-order valence-corrected chi connectivity index (χ4v) is 1.90. The van der Waals surface area contributed by atoms with E-state index in [1.807, 2.05) is 0 Å². The molecule has 2 rings (SSSR count). The second-order valence-corrected chi connectivity index (χ2v) is 4.82. The van der Waals surface area contributed by atoms with E-state index in [-0.39, 0.29) is 5.91 Å². The minimum absolute atomic E-state index is 0.0906. The highest BCUT2D eigenvalue weighted by Crippen LogP contribution is 2.31. The molecule has 0 unspecified atom stereocenters. The summed E-state index contributed by atoms with van der Waals surface area (Å²) in [5, 5.41) is 9.89. The quantitative estimate of drug-likeness (QED) is 0.802. The third-order valence-electron chi connectivity index (χ3n) is 2.50. The van der Waals surface area contributed by atoms with Crippen LogP contribution in [0.25, 0.3) is 0 Å². The molecular weight excluding hydrogens is 301 g/mol. The number of rotatable bonds is 6. The van der Waals surface area contributed by atoms with Gasteiger partial charge in [0.05, 0.1) is 23.5 Å². The molecule has 106 valence electrons. The van der Waals surface area contributed by atoms with Crippen molar-refractivity contribution in [1.29, 1.82) is 0 Å². The molecule has 20 heavy (non-hydrogen) atoms. The van der Waals surface area contributed by atoms with Gasteiger partial charge in [0.15, 0.2) is 0 Å². The number of carbonyl (C=O) groups is 1. The van der Waals surface area contributed by atoms with Crippen molar-refractivity contribution in [2.24, 2.45) is 0 Å². The Kier molecular flexibility index (Phi) is 5.26. The number of aromatic amines is 1. The number of nitrogens with zero attached hydrogens (tertiary/aromatic N) is 1. The molecule has 0 bridgehead atoms. The van der Waals surface area contributed by atoms with Crippen LogP contribution in [0.1, 0.15) is 12.8 Å². The lowest BCUT2D eigenvalue weighted by Gasteiger charge is -2.08. The van der Waals surface area contributed by atoms with E-state index in [0.29, 0.717) is 40.9 Å². The van der Waals surface area contributed by atoms with Gasteiger partial charge in [0.1, 0.15) is 10.8 Å². The Morgan fingerprint density at radius 2 is 2.25 bits per heavy atom. The number of amides is 1. The van der Waals surface area contributed by atoms with Crippen LogP contribution >= 0.6 is 23.2 Å². The molecule has 2 N–H and O–H groups in total. The van der Waals surface area contributed by atoms with Gasteiger partial charge in [-0.1, -0.05) is 29.3 Å². The summed E-state index contributed by atoms with van der Waals surface area (Å²) in [6.07, 6.45) is 4.08. The summed E-state index contributed by atoms with van der Waals surface area (Å²) in [5.74, 6) is 0.432. The standard InChI is InChI=1S/C13H13Cl2N3O2/c14-10-3-1-4-11(13(10)15)20-6-2-5-12(19)18-9-7-16-17-8-9/h1,3-4,7-8H,2,5-6H2,(H,16,17)(H,18,19). The van der Waals surface area contributed by atoms with Crippen LogP contribution in [0.2, 0.25) is 10.0 Å². The molecule has 7 heteroatoms. The molecule has 0 atom stereocenters. The molecule has 2 aromatic rings. The fraction of sp³-hybridized carbons (Fsp3) is 0.231. The number of H-pyrrole nitrogens is 1. The maximum Gasteiger partial charge on any atom is 0.224 e. The van der Waals surface area contributed by atoms with Crippen LogP contribution in [0.15, 0.2) is 30.6 Å². The zero-order valence-corrected chi connectivity index (χ0v) is 12.0. The molecule has 0 aliphatic heterocycles. The normalized spacial score (nSPS) is 10.3. The van der Waals surface area contributed by atoms with Gasteiger partial charge in [-0.25, -0.2) is 0 Å². The van der Waals surface area contributed by atoms with Crippen molar-refractivity contribution in [2.75, 3.05) is 11.9 Å². The average molecular weight is 314 g/mol. The number of benzene rings is 1. The lowest BCUT2D eigenvalue weighted by atomic mass is 10.3. The molecule has 0 aliphatic carbocycles. The molecule has 1 amide bonds. The summed E-state index contributed by atoms with van der Waals surface area (Å²) in [5.41, 5.74) is 0.647. The molecule has 0 saturated carbocycles. The third kappa shape index (κ3) is 4.15. The summed E-state index contributed by atoms with van der Waals surface area (Å²) in [6.45, 7) is 0.388. The zero-order chi connectivity index (χ0) is 14.4. The van der Waals surface area contributed by atoms with Crippen LogP contribution in [-0.4, -0.2) is 22.7 Å². The monoisotopic (exact) mass is 313 g/mol. The lowest BCUT2D eigenvalue weighted by molar-refractivity contribution is -0.116. The van der Waals surface area contributed by atoms with Gasteiger partial charge >= 0.3 is 0 Å². The first-order valence-electron chi connectivity index (χ1n) is 6.02. The molecule has 5 nitrogen and oxygen atoms in total. The van der Waals surface area contributed by atoms with E-state index in [1.54, 1.807) is 30.6 Å². The van der Waals surface area contributed by atoms with Gasteiger partial charge in [-0.2, -0.15) is 5.10 Å². The van der Waals surface area contributed by atoms with Crippen molar-refractivity contribution in [3.8, 4) is 5.75 Å². The third-order valence-corrected chi connectivity index (χ3v) is 3.31. The summed E-state index contributed by atoms with van der Waals surface area (Å²) in [6, 6.07) is 5.18. The van der Waals surface area contributed by atoms with E-state index >= 15 is 0 Å². The molecule has 0 aliphatic rings. The van der Waals surface area contributed by atoms with Crippen LogP contribution in [0.5, 0.6) is 5.75 Å². The molecule has 0 saturated heterocycles. The maximum atomic E-state index is 11.6. The van der Waals surface area contributed by atoms with Crippen molar-refractivity contribution in [3.63, 3.8) is 0 Å². The predicted octanol–water partition coefficient (Wildman–Crippen LogP) is 3.51. The number of hydrogen-bond donors (Lipinski definition) is 2. The van der Waals surface area contributed by atoms with Gasteiger partial charge in [-0.15, -0.1) is 0 Å². The van der Waals surface area contributed by atoms with Crippen LogP contribution < -0.4 is 10.1 Å². The van der Waals surface area contributed by atoms with Crippen LogP contribution in [0, 0.1) is 0 Å². The Balaban J connectivity index is 1.71. The van der Waals surface area contributed by atoms with E-state index in [0.717, 1.165) is 0 Å². The van der Waals surface area contributed by atoms with Crippen molar-refractivity contribution in [3.05, 3.63) is 40.6 Å². The number of anilines is 1. The first-order chi connectivity index (χ1) is 9.66. The number of hydrogen-bond acceptors (Lipinski definition) is 3. The smallest absolute Gasteiger partial charge is 0.224 e. The predicted molar refractivity (Wildman–Crippen MR) is 78.4 cm³/mol. The number of aromatic nitrogens is 2. The van der Waals surface area contributed by atoms with Crippen LogP contribution in [-0.2, 0) is 4.79 Å². The summed E-state index contributed by atoms with van der Waals surface area (Å²) in [4.78, 5) is 11.6. The molecule has 0 radical (unpaired) electrons. The zero-order valence-electron chi connectivity index (χ0n) is 10.5.